The largest absolute Gasteiger partial charge is 0.493 e. The van der Waals surface area contributed by atoms with Crippen molar-refractivity contribution < 1.29 is 9.84 Å². The highest BCUT2D eigenvalue weighted by Gasteiger charge is 2.23. The van der Waals surface area contributed by atoms with Crippen molar-refractivity contribution in [1.82, 2.24) is 0 Å². The van der Waals surface area contributed by atoms with Crippen LogP contribution >= 0.6 is 11.6 Å². The van der Waals surface area contributed by atoms with Crippen molar-refractivity contribution in [3.8, 4) is 5.75 Å². The third kappa shape index (κ3) is 4.61. The van der Waals surface area contributed by atoms with Crippen molar-refractivity contribution in [3.05, 3.63) is 27.8 Å². The molecule has 0 radical (unpaired) electrons. The zero-order valence-electron chi connectivity index (χ0n) is 14.3. The van der Waals surface area contributed by atoms with Crippen molar-refractivity contribution >= 4 is 11.6 Å². The van der Waals surface area contributed by atoms with E-state index in [2.05, 4.69) is 20.8 Å². The van der Waals surface area contributed by atoms with Crippen molar-refractivity contribution in [1.29, 1.82) is 0 Å². The van der Waals surface area contributed by atoms with Crippen molar-refractivity contribution in [3.63, 3.8) is 0 Å². The number of benzene rings is 1. The van der Waals surface area contributed by atoms with Gasteiger partial charge in [-0.1, -0.05) is 25.4 Å². The fourth-order valence-electron chi connectivity index (χ4n) is 2.90. The molecule has 0 aliphatic carbocycles. The van der Waals surface area contributed by atoms with Gasteiger partial charge in [-0.2, -0.15) is 0 Å². The molecule has 0 saturated heterocycles. The standard InChI is InChI=1S/C18H30ClNO2/c1-5-7-22-18-12(3)8-16(19)13(4)17(18)15(6-2)9-14(10-20)11-21/h8,14-15,21H,5-7,9-11,20H2,1-4H3. The van der Waals surface area contributed by atoms with Crippen LogP contribution in [0.2, 0.25) is 5.02 Å². The zero-order chi connectivity index (χ0) is 16.7. The summed E-state index contributed by atoms with van der Waals surface area (Å²) < 4.78 is 6.03. The fourth-order valence-corrected chi connectivity index (χ4v) is 3.16. The number of aryl methyl sites for hydroxylation is 1. The molecular formula is C18H30ClNO2. The number of nitrogens with two attached hydrogens (primary N) is 1. The Kier molecular flexibility index (Phi) is 8.23. The molecule has 0 aromatic heterocycles. The van der Waals surface area contributed by atoms with Crippen LogP contribution in [0.5, 0.6) is 5.75 Å². The maximum Gasteiger partial charge on any atom is 0.126 e. The average molecular weight is 328 g/mol. The molecule has 0 bridgehead atoms. The van der Waals surface area contributed by atoms with Gasteiger partial charge >= 0.3 is 0 Å². The van der Waals surface area contributed by atoms with Gasteiger partial charge in [-0.25, -0.2) is 0 Å². The minimum Gasteiger partial charge on any atom is -0.493 e. The van der Waals surface area contributed by atoms with Gasteiger partial charge in [0.2, 0.25) is 0 Å². The number of rotatable bonds is 9. The Morgan fingerprint density at radius 2 is 2.00 bits per heavy atom. The highest BCUT2D eigenvalue weighted by molar-refractivity contribution is 6.31. The summed E-state index contributed by atoms with van der Waals surface area (Å²) >= 11 is 6.40. The summed E-state index contributed by atoms with van der Waals surface area (Å²) in [5.41, 5.74) is 9.11. The molecule has 0 saturated carbocycles. The third-order valence-corrected chi connectivity index (χ3v) is 4.66. The van der Waals surface area contributed by atoms with Gasteiger partial charge in [-0.3, -0.25) is 0 Å². The SMILES string of the molecule is CCCOc1c(C)cc(Cl)c(C)c1C(CC)CC(CN)CO. The van der Waals surface area contributed by atoms with E-state index in [0.29, 0.717) is 19.1 Å². The van der Waals surface area contributed by atoms with Gasteiger partial charge in [0, 0.05) is 17.2 Å². The second kappa shape index (κ2) is 9.39. The molecule has 2 unspecified atom stereocenters. The van der Waals surface area contributed by atoms with Gasteiger partial charge < -0.3 is 15.6 Å². The van der Waals surface area contributed by atoms with Crippen LogP contribution < -0.4 is 10.5 Å². The van der Waals surface area contributed by atoms with E-state index in [1.165, 1.54) is 5.56 Å². The lowest BCUT2D eigenvalue weighted by molar-refractivity contribution is 0.213. The van der Waals surface area contributed by atoms with Gasteiger partial charge in [0.25, 0.3) is 0 Å². The van der Waals surface area contributed by atoms with E-state index < -0.39 is 0 Å². The molecule has 126 valence electrons. The lowest BCUT2D eigenvalue weighted by Crippen LogP contribution is -2.21. The minimum absolute atomic E-state index is 0.114. The molecule has 1 rings (SSSR count). The molecule has 3 N–H and O–H groups in total. The summed E-state index contributed by atoms with van der Waals surface area (Å²) in [5, 5.41) is 10.2. The smallest absolute Gasteiger partial charge is 0.126 e. The van der Waals surface area contributed by atoms with Crippen LogP contribution in [0.25, 0.3) is 0 Å². The van der Waals surface area contributed by atoms with E-state index in [4.69, 9.17) is 22.1 Å². The number of halogens is 1. The van der Waals surface area contributed by atoms with Crippen molar-refractivity contribution in [2.24, 2.45) is 11.7 Å². The topological polar surface area (TPSA) is 55.5 Å². The molecule has 0 heterocycles. The number of hydrogen-bond donors (Lipinski definition) is 2. The lowest BCUT2D eigenvalue weighted by atomic mass is 9.83. The monoisotopic (exact) mass is 327 g/mol. The number of aliphatic hydroxyl groups excluding tert-OH is 1. The first kappa shape index (κ1) is 19.3. The number of hydrogen-bond acceptors (Lipinski definition) is 3. The molecule has 22 heavy (non-hydrogen) atoms. The normalized spacial score (nSPS) is 14.0. The summed E-state index contributed by atoms with van der Waals surface area (Å²) in [6, 6.07) is 1.98. The second-order valence-electron chi connectivity index (χ2n) is 6.02. The van der Waals surface area contributed by atoms with Crippen molar-refractivity contribution in [2.75, 3.05) is 19.8 Å². The third-order valence-electron chi connectivity index (χ3n) is 4.27. The minimum atomic E-state index is 0.114. The lowest BCUT2D eigenvalue weighted by Gasteiger charge is -2.26. The maximum absolute atomic E-state index is 9.47. The highest BCUT2D eigenvalue weighted by Crippen LogP contribution is 2.41. The van der Waals surface area contributed by atoms with Crippen LogP contribution in [0, 0.1) is 19.8 Å². The molecule has 3 nitrogen and oxygen atoms in total. The Labute approximate surface area is 139 Å². The summed E-state index contributed by atoms with van der Waals surface area (Å²) in [5.74, 6) is 1.37. The van der Waals surface area contributed by atoms with Crippen LogP contribution in [0.1, 0.15) is 55.7 Å². The number of ether oxygens (including phenoxy) is 1. The van der Waals surface area contributed by atoms with Crippen LogP contribution in [0.15, 0.2) is 6.07 Å². The van der Waals surface area contributed by atoms with E-state index in [9.17, 15) is 5.11 Å². The first-order valence-electron chi connectivity index (χ1n) is 8.23. The first-order valence-corrected chi connectivity index (χ1v) is 8.61. The van der Waals surface area contributed by atoms with Gasteiger partial charge in [0.05, 0.1) is 6.61 Å². The van der Waals surface area contributed by atoms with E-state index in [-0.39, 0.29) is 12.5 Å². The summed E-state index contributed by atoms with van der Waals surface area (Å²) in [7, 11) is 0. The molecule has 0 spiro atoms. The summed E-state index contributed by atoms with van der Waals surface area (Å²) in [6.45, 7) is 9.67. The summed E-state index contributed by atoms with van der Waals surface area (Å²) in [4.78, 5) is 0. The average Bonchev–Trinajstić information content (AvgIpc) is 2.51. The van der Waals surface area contributed by atoms with Gasteiger partial charge in [-0.15, -0.1) is 0 Å². The quantitative estimate of drug-likeness (QED) is 0.714. The molecule has 0 amide bonds. The molecule has 0 fully saturated rings. The van der Waals surface area contributed by atoms with Crippen molar-refractivity contribution in [2.45, 2.75) is 52.9 Å². The van der Waals surface area contributed by atoms with Crippen LogP contribution in [-0.2, 0) is 0 Å². The fraction of sp³-hybridized carbons (Fsp3) is 0.667. The second-order valence-corrected chi connectivity index (χ2v) is 6.42. The van der Waals surface area contributed by atoms with E-state index in [0.717, 1.165) is 41.2 Å². The molecule has 2 atom stereocenters. The zero-order valence-corrected chi connectivity index (χ0v) is 15.0. The van der Waals surface area contributed by atoms with E-state index >= 15 is 0 Å². The predicted molar refractivity (Wildman–Crippen MR) is 94.0 cm³/mol. The Bertz CT molecular complexity index is 473. The Morgan fingerprint density at radius 1 is 1.32 bits per heavy atom. The Morgan fingerprint density at radius 3 is 2.50 bits per heavy atom. The summed E-state index contributed by atoms with van der Waals surface area (Å²) in [6.07, 6.45) is 2.80. The van der Waals surface area contributed by atoms with Crippen LogP contribution in [-0.4, -0.2) is 24.9 Å². The number of aliphatic hydroxyl groups is 1. The molecule has 0 aliphatic rings. The molecule has 1 aromatic rings. The van der Waals surface area contributed by atoms with Crippen LogP contribution in [0.4, 0.5) is 0 Å². The van der Waals surface area contributed by atoms with E-state index in [1.54, 1.807) is 0 Å². The Hall–Kier alpha value is -0.770. The molecule has 1 aromatic carbocycles. The Balaban J connectivity index is 3.27. The maximum atomic E-state index is 9.47. The molecule has 0 aliphatic heterocycles. The highest BCUT2D eigenvalue weighted by atomic mass is 35.5. The molecule has 4 heteroatoms. The van der Waals surface area contributed by atoms with E-state index in [1.807, 2.05) is 13.0 Å². The van der Waals surface area contributed by atoms with Gasteiger partial charge in [0.15, 0.2) is 0 Å². The first-order chi connectivity index (χ1) is 10.5. The van der Waals surface area contributed by atoms with Gasteiger partial charge in [-0.05, 0) is 68.7 Å². The molecular weight excluding hydrogens is 298 g/mol. The van der Waals surface area contributed by atoms with Crippen LogP contribution in [0.3, 0.4) is 0 Å². The predicted octanol–water partition coefficient (Wildman–Crippen LogP) is 4.20. The van der Waals surface area contributed by atoms with Gasteiger partial charge in [0.1, 0.15) is 5.75 Å².